The van der Waals surface area contributed by atoms with Gasteiger partial charge in [-0.15, -0.1) is 0 Å². The first kappa shape index (κ1) is 23.5. The van der Waals surface area contributed by atoms with Gasteiger partial charge in [-0.25, -0.2) is 48.5 Å². The summed E-state index contributed by atoms with van der Waals surface area (Å²) in [6.07, 6.45) is 0. The second-order valence-corrected chi connectivity index (χ2v) is 5.85. The Balaban J connectivity index is 0.000000303. The molecule has 0 atom stereocenters. The third-order valence-electron chi connectivity index (χ3n) is 3.32. The van der Waals surface area contributed by atoms with E-state index in [-0.39, 0.29) is 32.7 Å². The van der Waals surface area contributed by atoms with E-state index in [1.165, 1.54) is 22.3 Å². The molecule has 0 spiro atoms. The molecule has 0 unspecified atom stereocenters. The molecule has 4 rings (SSSR count). The van der Waals surface area contributed by atoms with Crippen LogP contribution in [0.3, 0.4) is 0 Å². The molecule has 0 aliphatic heterocycles. The van der Waals surface area contributed by atoms with Crippen LogP contribution in [0.1, 0.15) is 22.3 Å². The van der Waals surface area contributed by atoms with Crippen LogP contribution < -0.4 is 0 Å². The minimum atomic E-state index is 0. The second kappa shape index (κ2) is 14.8. The third kappa shape index (κ3) is 13.5. The number of aryl methyl sites for hydroxylation is 4. The van der Waals surface area contributed by atoms with Crippen molar-refractivity contribution in [2.24, 2.45) is 0 Å². The van der Waals surface area contributed by atoms with Crippen molar-refractivity contribution in [3.05, 3.63) is 119 Å². The van der Waals surface area contributed by atoms with Gasteiger partial charge in [-0.1, -0.05) is 27.7 Å². The van der Waals surface area contributed by atoms with Gasteiger partial charge in [-0.2, -0.15) is 70.8 Å². The quantitative estimate of drug-likeness (QED) is 0.281. The minimum absolute atomic E-state index is 0. The normalized spacial score (nSPS) is 8.48. The maximum Gasteiger partial charge on any atom is 0 e. The molecule has 4 aromatic carbocycles. The maximum atomic E-state index is 2.08. The fourth-order valence-electron chi connectivity index (χ4n) is 1.88. The van der Waals surface area contributed by atoms with Gasteiger partial charge in [0.1, 0.15) is 0 Å². The Hall–Kier alpha value is -1.50. The van der Waals surface area contributed by atoms with Crippen LogP contribution in [0, 0.1) is 27.7 Å². The van der Waals surface area contributed by atoms with Gasteiger partial charge in [0.15, 0.2) is 0 Å². The van der Waals surface area contributed by atoms with Crippen molar-refractivity contribution in [3.8, 4) is 0 Å². The summed E-state index contributed by atoms with van der Waals surface area (Å²) in [4.78, 5) is 0. The summed E-state index contributed by atoms with van der Waals surface area (Å²) in [5, 5.41) is 0. The van der Waals surface area contributed by atoms with E-state index >= 15 is 0 Å². The van der Waals surface area contributed by atoms with Crippen LogP contribution in [0.15, 0.2) is 97.1 Å². The summed E-state index contributed by atoms with van der Waals surface area (Å²) >= 11 is 0. The SMILES string of the molecule is C[c-]1cccc1.C[c-]1cccc1.C[c-]1cccc1.C[c-]1cccc1.[Y]. The van der Waals surface area contributed by atoms with Crippen molar-refractivity contribution in [1.29, 1.82) is 0 Å². The molecule has 0 aliphatic rings. The first-order chi connectivity index (χ1) is 11.6. The standard InChI is InChI=1S/4C6H7.Y/c4*1-6-4-2-3-5-6;/h4*2-5H,1H3;/q4*-1;. The van der Waals surface area contributed by atoms with E-state index in [9.17, 15) is 0 Å². The molecule has 0 bridgehead atoms. The zero-order valence-electron chi connectivity index (χ0n) is 15.8. The summed E-state index contributed by atoms with van der Waals surface area (Å²) in [7, 11) is 0. The molecule has 131 valence electrons. The zero-order chi connectivity index (χ0) is 17.6. The number of hydrogen-bond donors (Lipinski definition) is 0. The van der Waals surface area contributed by atoms with Gasteiger partial charge in [0, 0.05) is 32.7 Å². The van der Waals surface area contributed by atoms with Gasteiger partial charge < -0.3 is 0 Å². The summed E-state index contributed by atoms with van der Waals surface area (Å²) < 4.78 is 0. The van der Waals surface area contributed by atoms with E-state index in [4.69, 9.17) is 0 Å². The van der Waals surface area contributed by atoms with Gasteiger partial charge >= 0.3 is 0 Å². The topological polar surface area (TPSA) is 0 Å². The Labute approximate surface area is 178 Å². The fourth-order valence-corrected chi connectivity index (χ4v) is 1.88. The van der Waals surface area contributed by atoms with Crippen molar-refractivity contribution in [2.75, 3.05) is 0 Å². The van der Waals surface area contributed by atoms with E-state index in [2.05, 4.69) is 76.2 Å². The zero-order valence-corrected chi connectivity index (χ0v) is 18.7. The first-order valence-corrected chi connectivity index (χ1v) is 8.31. The maximum absolute atomic E-state index is 2.08. The molecule has 1 radical (unpaired) electrons. The first-order valence-electron chi connectivity index (χ1n) is 8.31. The number of rotatable bonds is 0. The largest absolute Gasteiger partial charge is 0.213 e. The molecule has 0 amide bonds. The third-order valence-corrected chi connectivity index (χ3v) is 3.32. The molecule has 0 aliphatic carbocycles. The second-order valence-electron chi connectivity index (χ2n) is 5.85. The Kier molecular flexibility index (Phi) is 13.9. The Morgan fingerprint density at radius 2 is 0.440 bits per heavy atom. The monoisotopic (exact) mass is 405 g/mol. The van der Waals surface area contributed by atoms with E-state index in [0.717, 1.165) is 0 Å². The molecule has 25 heavy (non-hydrogen) atoms. The van der Waals surface area contributed by atoms with Gasteiger partial charge in [-0.05, 0) is 0 Å². The van der Waals surface area contributed by atoms with E-state index in [0.29, 0.717) is 0 Å². The predicted molar refractivity (Wildman–Crippen MR) is 107 cm³/mol. The van der Waals surface area contributed by atoms with Crippen LogP contribution in [0.2, 0.25) is 0 Å². The summed E-state index contributed by atoms with van der Waals surface area (Å²) in [6, 6.07) is 33.0. The Bertz CT molecular complexity index is 549. The van der Waals surface area contributed by atoms with Crippen LogP contribution in [-0.2, 0) is 32.7 Å². The van der Waals surface area contributed by atoms with Crippen molar-refractivity contribution < 1.29 is 32.7 Å². The summed E-state index contributed by atoms with van der Waals surface area (Å²) in [5.41, 5.74) is 5.37. The van der Waals surface area contributed by atoms with Crippen molar-refractivity contribution in [1.82, 2.24) is 0 Å². The molecule has 0 fully saturated rings. The predicted octanol–water partition coefficient (Wildman–Crippen LogP) is 6.85. The summed E-state index contributed by atoms with van der Waals surface area (Å²) in [6.45, 7) is 8.33. The molecule has 0 aromatic heterocycles. The molecule has 0 saturated carbocycles. The van der Waals surface area contributed by atoms with Crippen LogP contribution in [0.25, 0.3) is 0 Å². The minimum Gasteiger partial charge on any atom is -0.213 e. The van der Waals surface area contributed by atoms with Crippen LogP contribution in [-0.4, -0.2) is 0 Å². The van der Waals surface area contributed by atoms with Gasteiger partial charge in [0.25, 0.3) is 0 Å². The molecule has 0 saturated heterocycles. The van der Waals surface area contributed by atoms with Gasteiger partial charge in [-0.3, -0.25) is 0 Å². The molecular weight excluding hydrogens is 377 g/mol. The van der Waals surface area contributed by atoms with E-state index in [1.807, 2.05) is 48.5 Å². The van der Waals surface area contributed by atoms with Crippen LogP contribution in [0.4, 0.5) is 0 Å². The van der Waals surface area contributed by atoms with Crippen LogP contribution in [0.5, 0.6) is 0 Å². The molecule has 0 N–H and O–H groups in total. The molecular formula is C24H28Y-4. The van der Waals surface area contributed by atoms with Gasteiger partial charge in [0.2, 0.25) is 0 Å². The molecule has 0 nitrogen and oxygen atoms in total. The fraction of sp³-hybridized carbons (Fsp3) is 0.167. The Morgan fingerprint density at radius 3 is 0.480 bits per heavy atom. The number of hydrogen-bond acceptors (Lipinski definition) is 0. The van der Waals surface area contributed by atoms with Gasteiger partial charge in [0.05, 0.1) is 0 Å². The average Bonchev–Trinajstić information content (AvgIpc) is 3.31. The van der Waals surface area contributed by atoms with Crippen molar-refractivity contribution in [2.45, 2.75) is 27.7 Å². The van der Waals surface area contributed by atoms with E-state index in [1.54, 1.807) is 0 Å². The summed E-state index contributed by atoms with van der Waals surface area (Å²) in [5.74, 6) is 0. The smallest absolute Gasteiger partial charge is 0 e. The molecule has 1 heteroatoms. The van der Waals surface area contributed by atoms with Crippen molar-refractivity contribution >= 4 is 0 Å². The molecule has 0 heterocycles. The van der Waals surface area contributed by atoms with Crippen LogP contribution >= 0.6 is 0 Å². The van der Waals surface area contributed by atoms with E-state index < -0.39 is 0 Å². The van der Waals surface area contributed by atoms with Crippen molar-refractivity contribution in [3.63, 3.8) is 0 Å². The Morgan fingerprint density at radius 1 is 0.320 bits per heavy atom. The molecule has 4 aromatic rings. The average molecular weight is 405 g/mol.